The van der Waals surface area contributed by atoms with E-state index in [2.05, 4.69) is 20.8 Å². The van der Waals surface area contributed by atoms with Gasteiger partial charge in [0.25, 0.3) is 0 Å². The number of ether oxygens (including phenoxy) is 1. The van der Waals surface area contributed by atoms with Crippen LogP contribution in [0, 0.1) is 0 Å². The van der Waals surface area contributed by atoms with Crippen molar-refractivity contribution in [2.24, 2.45) is 5.10 Å². The number of fused-ring (bicyclic) bond motifs is 1. The number of hydrazone groups is 1. The van der Waals surface area contributed by atoms with Crippen molar-refractivity contribution in [3.63, 3.8) is 0 Å². The van der Waals surface area contributed by atoms with Crippen molar-refractivity contribution in [3.8, 4) is 11.5 Å². The second-order valence-corrected chi connectivity index (χ2v) is 6.19. The van der Waals surface area contributed by atoms with Crippen molar-refractivity contribution in [1.29, 1.82) is 0 Å². The predicted octanol–water partition coefficient (Wildman–Crippen LogP) is 3.56. The smallest absolute Gasteiger partial charge is 0.341 e. The largest absolute Gasteiger partial charge is 0.508 e. The first-order valence-corrected chi connectivity index (χ1v) is 8.22. The zero-order chi connectivity index (χ0) is 17.8. The van der Waals surface area contributed by atoms with Crippen LogP contribution >= 0.6 is 11.3 Å². The van der Waals surface area contributed by atoms with Gasteiger partial charge in [0.15, 0.2) is 5.13 Å². The van der Waals surface area contributed by atoms with E-state index in [4.69, 9.17) is 4.74 Å². The number of methoxy groups -OCH3 is 1. The molecule has 3 aromatic rings. The third-order valence-corrected chi connectivity index (χ3v) is 4.36. The zero-order valence-electron chi connectivity index (χ0n) is 13.6. The van der Waals surface area contributed by atoms with Crippen LogP contribution in [0.3, 0.4) is 0 Å². The van der Waals surface area contributed by atoms with Crippen LogP contribution in [0.5, 0.6) is 11.5 Å². The molecule has 0 aliphatic heterocycles. The van der Waals surface area contributed by atoms with Crippen molar-refractivity contribution in [2.75, 3.05) is 12.4 Å². The Morgan fingerprint density at radius 2 is 2.00 bits per heavy atom. The van der Waals surface area contributed by atoms with E-state index in [1.807, 2.05) is 18.2 Å². The molecule has 0 fully saturated rings. The molecule has 1 heterocycles. The normalized spacial score (nSPS) is 11.4. The number of rotatable bonds is 4. The first kappa shape index (κ1) is 16.7. The van der Waals surface area contributed by atoms with Crippen LogP contribution in [0.1, 0.15) is 12.5 Å². The maximum absolute atomic E-state index is 12.0. The Morgan fingerprint density at radius 1 is 1.24 bits per heavy atom. The maximum atomic E-state index is 12.0. The van der Waals surface area contributed by atoms with Gasteiger partial charge in [-0.15, -0.1) is 0 Å². The van der Waals surface area contributed by atoms with E-state index in [-0.39, 0.29) is 5.75 Å². The standard InChI is InChI=1S/C17H16N4O3S/c1-10(11-3-5-12(22)6-4-11)20-21-16(23)19-17-18-14-8-7-13(24-2)9-15(14)25-17/h3-9,22H,1-2H3,(H2,18,19,21,23)/b20-10+. The van der Waals surface area contributed by atoms with Crippen molar-refractivity contribution >= 4 is 38.4 Å². The average molecular weight is 356 g/mol. The number of urea groups is 1. The summed E-state index contributed by atoms with van der Waals surface area (Å²) in [5.74, 6) is 0.913. The fourth-order valence-corrected chi connectivity index (χ4v) is 3.00. The summed E-state index contributed by atoms with van der Waals surface area (Å²) in [6.07, 6.45) is 0. The second kappa shape index (κ2) is 7.18. The van der Waals surface area contributed by atoms with Crippen molar-refractivity contribution < 1.29 is 14.6 Å². The minimum absolute atomic E-state index is 0.176. The van der Waals surface area contributed by atoms with E-state index in [1.54, 1.807) is 38.3 Å². The molecule has 7 nitrogen and oxygen atoms in total. The molecule has 0 aliphatic carbocycles. The Hall–Kier alpha value is -3.13. The van der Waals surface area contributed by atoms with Crippen LogP contribution in [0.4, 0.5) is 9.93 Å². The lowest BCUT2D eigenvalue weighted by molar-refractivity contribution is 0.252. The van der Waals surface area contributed by atoms with Gasteiger partial charge in [0.1, 0.15) is 11.5 Å². The number of aromatic nitrogens is 1. The van der Waals surface area contributed by atoms with E-state index in [0.29, 0.717) is 10.8 Å². The van der Waals surface area contributed by atoms with Gasteiger partial charge in [0, 0.05) is 0 Å². The molecule has 0 saturated carbocycles. The van der Waals surface area contributed by atoms with Crippen LogP contribution in [0.25, 0.3) is 10.2 Å². The lowest BCUT2D eigenvalue weighted by Crippen LogP contribution is -2.25. The van der Waals surface area contributed by atoms with Crippen molar-refractivity contribution in [2.45, 2.75) is 6.92 Å². The van der Waals surface area contributed by atoms with Crippen molar-refractivity contribution in [1.82, 2.24) is 10.4 Å². The number of nitrogens with one attached hydrogen (secondary N) is 2. The molecule has 128 valence electrons. The molecular formula is C17H16N4O3S. The highest BCUT2D eigenvalue weighted by molar-refractivity contribution is 7.22. The van der Waals surface area contributed by atoms with Gasteiger partial charge >= 0.3 is 6.03 Å². The van der Waals surface area contributed by atoms with Gasteiger partial charge < -0.3 is 9.84 Å². The number of benzene rings is 2. The first-order valence-electron chi connectivity index (χ1n) is 7.40. The molecule has 0 spiro atoms. The Labute approximate surface area is 148 Å². The van der Waals surface area contributed by atoms with Crippen LogP contribution in [-0.2, 0) is 0 Å². The minimum Gasteiger partial charge on any atom is -0.508 e. The average Bonchev–Trinajstić information content (AvgIpc) is 3.01. The van der Waals surface area contributed by atoms with Gasteiger partial charge in [-0.3, -0.25) is 5.32 Å². The van der Waals surface area contributed by atoms with E-state index in [1.165, 1.54) is 11.3 Å². The van der Waals surface area contributed by atoms with E-state index >= 15 is 0 Å². The summed E-state index contributed by atoms with van der Waals surface area (Å²) in [5.41, 5.74) is 4.62. The molecule has 2 aromatic carbocycles. The maximum Gasteiger partial charge on any atom is 0.341 e. The van der Waals surface area contributed by atoms with Gasteiger partial charge in [-0.1, -0.05) is 11.3 Å². The number of carbonyl (C=O) groups excluding carboxylic acids is 1. The number of hydrogen-bond acceptors (Lipinski definition) is 6. The number of amides is 2. The highest BCUT2D eigenvalue weighted by Crippen LogP contribution is 2.29. The Balaban J connectivity index is 1.66. The molecule has 0 saturated heterocycles. The molecule has 0 radical (unpaired) electrons. The van der Waals surface area contributed by atoms with E-state index in [9.17, 15) is 9.90 Å². The number of carbonyl (C=O) groups is 1. The summed E-state index contributed by atoms with van der Waals surface area (Å²) < 4.78 is 6.09. The molecule has 1 aromatic heterocycles. The SMILES string of the molecule is COc1ccc2nc(NC(=O)N/N=C(\C)c3ccc(O)cc3)sc2c1. The number of nitrogens with zero attached hydrogens (tertiary/aromatic N) is 2. The summed E-state index contributed by atoms with van der Waals surface area (Å²) in [6.45, 7) is 1.76. The monoisotopic (exact) mass is 356 g/mol. The zero-order valence-corrected chi connectivity index (χ0v) is 14.4. The second-order valence-electron chi connectivity index (χ2n) is 5.16. The Morgan fingerprint density at radius 3 is 2.72 bits per heavy atom. The molecule has 0 aliphatic rings. The molecule has 0 unspecified atom stereocenters. The van der Waals surface area contributed by atoms with Gasteiger partial charge in [-0.25, -0.2) is 15.2 Å². The summed E-state index contributed by atoms with van der Waals surface area (Å²) in [7, 11) is 1.60. The van der Waals surface area contributed by atoms with Crippen LogP contribution in [0.15, 0.2) is 47.6 Å². The lowest BCUT2D eigenvalue weighted by atomic mass is 10.1. The number of phenols is 1. The van der Waals surface area contributed by atoms with Crippen LogP contribution in [0.2, 0.25) is 0 Å². The highest BCUT2D eigenvalue weighted by atomic mass is 32.1. The molecule has 8 heteroatoms. The number of thiazole rings is 1. The minimum atomic E-state index is -0.482. The molecule has 0 atom stereocenters. The van der Waals surface area contributed by atoms with Gasteiger partial charge in [-0.2, -0.15) is 5.10 Å². The Bertz CT molecular complexity index is 935. The molecule has 3 rings (SSSR count). The van der Waals surface area contributed by atoms with E-state index < -0.39 is 6.03 Å². The third kappa shape index (κ3) is 4.04. The Kier molecular flexibility index (Phi) is 4.80. The topological polar surface area (TPSA) is 95.8 Å². The summed E-state index contributed by atoms with van der Waals surface area (Å²) >= 11 is 1.35. The number of hydrogen-bond donors (Lipinski definition) is 3. The summed E-state index contributed by atoms with van der Waals surface area (Å²) in [6, 6.07) is 11.6. The third-order valence-electron chi connectivity index (χ3n) is 3.43. The molecular weight excluding hydrogens is 340 g/mol. The molecule has 2 amide bonds. The molecule has 0 bridgehead atoms. The molecule has 3 N–H and O–H groups in total. The predicted molar refractivity (Wildman–Crippen MR) is 98.6 cm³/mol. The van der Waals surface area contributed by atoms with Gasteiger partial charge in [0.05, 0.1) is 23.0 Å². The van der Waals surface area contributed by atoms with Gasteiger partial charge in [0.2, 0.25) is 0 Å². The number of aromatic hydroxyl groups is 1. The van der Waals surface area contributed by atoms with E-state index in [0.717, 1.165) is 21.5 Å². The lowest BCUT2D eigenvalue weighted by Gasteiger charge is -2.03. The van der Waals surface area contributed by atoms with Crippen LogP contribution < -0.4 is 15.5 Å². The fourth-order valence-electron chi connectivity index (χ4n) is 2.11. The molecule has 25 heavy (non-hydrogen) atoms. The number of anilines is 1. The van der Waals surface area contributed by atoms with Crippen molar-refractivity contribution in [3.05, 3.63) is 48.0 Å². The highest BCUT2D eigenvalue weighted by Gasteiger charge is 2.08. The first-order chi connectivity index (χ1) is 12.0. The van der Waals surface area contributed by atoms with Crippen LogP contribution in [-0.4, -0.2) is 28.9 Å². The fraction of sp³-hybridized carbons (Fsp3) is 0.118. The quantitative estimate of drug-likeness (QED) is 0.492. The summed E-state index contributed by atoms with van der Waals surface area (Å²) in [4.78, 5) is 16.3. The summed E-state index contributed by atoms with van der Waals surface area (Å²) in [5, 5.41) is 16.4. The van der Waals surface area contributed by atoms with Gasteiger partial charge in [-0.05, 0) is 55.0 Å². The number of phenolic OH excluding ortho intramolecular Hbond substituents is 1.